The molecule has 1 aromatic heterocycles. The lowest BCUT2D eigenvalue weighted by Crippen LogP contribution is -2.31. The number of benzene rings is 2. The fraction of sp³-hybridized carbons (Fsp3) is 0.143. The van der Waals surface area contributed by atoms with E-state index in [0.29, 0.717) is 6.61 Å². The molecule has 0 aliphatic carbocycles. The van der Waals surface area contributed by atoms with E-state index in [9.17, 15) is 4.79 Å². The summed E-state index contributed by atoms with van der Waals surface area (Å²) < 4.78 is 5.79. The number of nitrogens with zero attached hydrogens (tertiary/aromatic N) is 1. The number of para-hydroxylation sites is 2. The minimum absolute atomic E-state index is 0.120. The van der Waals surface area contributed by atoms with Crippen molar-refractivity contribution < 1.29 is 9.53 Å². The van der Waals surface area contributed by atoms with Gasteiger partial charge in [-0.1, -0.05) is 36.4 Å². The van der Waals surface area contributed by atoms with Gasteiger partial charge in [0, 0.05) is 23.6 Å². The summed E-state index contributed by atoms with van der Waals surface area (Å²) in [4.78, 5) is 16.3. The summed E-state index contributed by atoms with van der Waals surface area (Å²) in [6, 6.07) is 20.6. The average Bonchev–Trinajstić information content (AvgIpc) is 2.68. The van der Waals surface area contributed by atoms with Crippen molar-refractivity contribution in [2.24, 2.45) is 0 Å². The molecular weight excluding hydrogens is 326 g/mol. The molecule has 0 saturated heterocycles. The van der Waals surface area contributed by atoms with Crippen molar-refractivity contribution in [2.75, 3.05) is 5.32 Å². The first kappa shape index (κ1) is 17.5. The molecular formula is C21H21N3O2. The highest BCUT2D eigenvalue weighted by Crippen LogP contribution is 2.19. The number of aromatic nitrogens is 1. The van der Waals surface area contributed by atoms with Crippen LogP contribution in [0.4, 0.5) is 10.5 Å². The zero-order valence-corrected chi connectivity index (χ0v) is 14.6. The lowest BCUT2D eigenvalue weighted by molar-refractivity contribution is 0.249. The highest BCUT2D eigenvalue weighted by Gasteiger charge is 2.11. The monoisotopic (exact) mass is 347 g/mol. The minimum atomic E-state index is -0.263. The lowest BCUT2D eigenvalue weighted by atomic mass is 10.1. The number of carbonyl (C=O) groups excluding carboxylic acids is 1. The SMILES string of the molecule is C[C@H](NC(=O)Nc1ccccc1COc1ccccc1)c1ccncc1. The van der Waals surface area contributed by atoms with Crippen LogP contribution in [0, 0.1) is 0 Å². The average molecular weight is 347 g/mol. The molecule has 26 heavy (non-hydrogen) atoms. The molecule has 5 nitrogen and oxygen atoms in total. The Morgan fingerprint density at radius 1 is 1.00 bits per heavy atom. The van der Waals surface area contributed by atoms with Gasteiger partial charge < -0.3 is 15.4 Å². The molecule has 2 aromatic carbocycles. The summed E-state index contributed by atoms with van der Waals surface area (Å²) in [5.74, 6) is 0.790. The molecule has 2 N–H and O–H groups in total. The van der Waals surface area contributed by atoms with Gasteiger partial charge in [0.05, 0.1) is 6.04 Å². The van der Waals surface area contributed by atoms with Gasteiger partial charge in [-0.2, -0.15) is 0 Å². The third-order valence-electron chi connectivity index (χ3n) is 3.96. The Hall–Kier alpha value is -3.34. The summed E-state index contributed by atoms with van der Waals surface area (Å²) in [6.45, 7) is 2.31. The molecule has 0 fully saturated rings. The van der Waals surface area contributed by atoms with Crippen molar-refractivity contribution in [3.8, 4) is 5.75 Å². The van der Waals surface area contributed by atoms with E-state index in [2.05, 4.69) is 15.6 Å². The third-order valence-corrected chi connectivity index (χ3v) is 3.96. The number of anilines is 1. The van der Waals surface area contributed by atoms with Gasteiger partial charge >= 0.3 is 6.03 Å². The second-order valence-electron chi connectivity index (χ2n) is 5.86. The number of pyridine rings is 1. The van der Waals surface area contributed by atoms with Crippen LogP contribution in [0.25, 0.3) is 0 Å². The summed E-state index contributed by atoms with van der Waals surface area (Å²) >= 11 is 0. The molecule has 3 aromatic rings. The molecule has 0 spiro atoms. The molecule has 132 valence electrons. The van der Waals surface area contributed by atoms with Crippen molar-refractivity contribution in [1.82, 2.24) is 10.3 Å². The van der Waals surface area contributed by atoms with E-state index in [-0.39, 0.29) is 12.1 Å². The highest BCUT2D eigenvalue weighted by molar-refractivity contribution is 5.90. The summed E-state index contributed by atoms with van der Waals surface area (Å²) in [5.41, 5.74) is 2.63. The summed E-state index contributed by atoms with van der Waals surface area (Å²) in [6.07, 6.45) is 3.42. The highest BCUT2D eigenvalue weighted by atomic mass is 16.5. The summed E-state index contributed by atoms with van der Waals surface area (Å²) in [7, 11) is 0. The molecule has 5 heteroatoms. The van der Waals surface area contributed by atoms with Crippen molar-refractivity contribution in [2.45, 2.75) is 19.6 Å². The van der Waals surface area contributed by atoms with E-state index >= 15 is 0 Å². The van der Waals surface area contributed by atoms with Crippen molar-refractivity contribution in [1.29, 1.82) is 0 Å². The first-order valence-electron chi connectivity index (χ1n) is 8.45. The molecule has 1 heterocycles. The standard InChI is InChI=1S/C21H21N3O2/c1-16(17-11-13-22-14-12-17)23-21(25)24-20-10-6-5-7-18(20)15-26-19-8-3-2-4-9-19/h2-14,16H,15H2,1H3,(H2,23,24,25)/t16-/m0/s1. The zero-order chi connectivity index (χ0) is 18.2. The molecule has 0 aliphatic heterocycles. The Balaban J connectivity index is 1.61. The Morgan fingerprint density at radius 2 is 1.69 bits per heavy atom. The molecule has 2 amide bonds. The normalized spacial score (nSPS) is 11.4. The van der Waals surface area contributed by atoms with E-state index < -0.39 is 0 Å². The van der Waals surface area contributed by atoms with Gasteiger partial charge in [0.1, 0.15) is 12.4 Å². The predicted molar refractivity (Wildman–Crippen MR) is 102 cm³/mol. The van der Waals surface area contributed by atoms with Crippen LogP contribution in [-0.2, 0) is 6.61 Å². The van der Waals surface area contributed by atoms with Crippen LogP contribution < -0.4 is 15.4 Å². The van der Waals surface area contributed by atoms with E-state index in [1.54, 1.807) is 12.4 Å². The maximum absolute atomic E-state index is 12.3. The Bertz CT molecular complexity index is 838. The van der Waals surface area contributed by atoms with Gasteiger partial charge in [0.25, 0.3) is 0 Å². The smallest absolute Gasteiger partial charge is 0.319 e. The van der Waals surface area contributed by atoms with Crippen LogP contribution in [0.5, 0.6) is 5.75 Å². The number of nitrogens with one attached hydrogen (secondary N) is 2. The van der Waals surface area contributed by atoms with Gasteiger partial charge in [-0.3, -0.25) is 4.98 Å². The quantitative estimate of drug-likeness (QED) is 0.688. The fourth-order valence-electron chi connectivity index (χ4n) is 2.54. The van der Waals surface area contributed by atoms with Crippen LogP contribution >= 0.6 is 0 Å². The number of ether oxygens (including phenoxy) is 1. The van der Waals surface area contributed by atoms with E-state index in [4.69, 9.17) is 4.74 Å². The molecule has 0 bridgehead atoms. The predicted octanol–water partition coefficient (Wildman–Crippen LogP) is 4.54. The van der Waals surface area contributed by atoms with Crippen LogP contribution in [0.1, 0.15) is 24.1 Å². The Morgan fingerprint density at radius 3 is 2.46 bits per heavy atom. The molecule has 0 radical (unpaired) electrons. The van der Waals surface area contributed by atoms with E-state index in [1.807, 2.05) is 73.7 Å². The number of amides is 2. The van der Waals surface area contributed by atoms with Gasteiger partial charge in [-0.05, 0) is 42.8 Å². The second kappa shape index (κ2) is 8.67. The first-order valence-corrected chi connectivity index (χ1v) is 8.45. The number of rotatable bonds is 6. The maximum atomic E-state index is 12.3. The second-order valence-corrected chi connectivity index (χ2v) is 5.86. The topological polar surface area (TPSA) is 63.2 Å². The van der Waals surface area contributed by atoms with Crippen LogP contribution in [-0.4, -0.2) is 11.0 Å². The van der Waals surface area contributed by atoms with E-state index in [0.717, 1.165) is 22.6 Å². The minimum Gasteiger partial charge on any atom is -0.489 e. The summed E-state index contributed by atoms with van der Waals surface area (Å²) in [5, 5.41) is 5.83. The van der Waals surface area contributed by atoms with Crippen LogP contribution in [0.15, 0.2) is 79.1 Å². The molecule has 3 rings (SSSR count). The van der Waals surface area contributed by atoms with E-state index in [1.165, 1.54) is 0 Å². The third kappa shape index (κ3) is 4.83. The first-order chi connectivity index (χ1) is 12.7. The van der Waals surface area contributed by atoms with Crippen molar-refractivity contribution in [3.05, 3.63) is 90.3 Å². The molecule has 0 unspecified atom stereocenters. The molecule has 0 aliphatic rings. The van der Waals surface area contributed by atoms with Crippen LogP contribution in [0.2, 0.25) is 0 Å². The van der Waals surface area contributed by atoms with Gasteiger partial charge in [0.2, 0.25) is 0 Å². The Kier molecular flexibility index (Phi) is 5.83. The van der Waals surface area contributed by atoms with Crippen LogP contribution in [0.3, 0.4) is 0 Å². The largest absolute Gasteiger partial charge is 0.489 e. The fourth-order valence-corrected chi connectivity index (χ4v) is 2.54. The van der Waals surface area contributed by atoms with Crippen molar-refractivity contribution in [3.63, 3.8) is 0 Å². The molecule has 0 saturated carbocycles. The number of urea groups is 1. The zero-order valence-electron chi connectivity index (χ0n) is 14.6. The number of hydrogen-bond donors (Lipinski definition) is 2. The van der Waals surface area contributed by atoms with Crippen molar-refractivity contribution >= 4 is 11.7 Å². The van der Waals surface area contributed by atoms with Gasteiger partial charge in [-0.15, -0.1) is 0 Å². The Labute approximate surface area is 153 Å². The van der Waals surface area contributed by atoms with Gasteiger partial charge in [0.15, 0.2) is 0 Å². The maximum Gasteiger partial charge on any atom is 0.319 e. The number of carbonyl (C=O) groups is 1. The molecule has 1 atom stereocenters. The number of hydrogen-bond acceptors (Lipinski definition) is 3. The lowest BCUT2D eigenvalue weighted by Gasteiger charge is -2.16. The van der Waals surface area contributed by atoms with Gasteiger partial charge in [-0.25, -0.2) is 4.79 Å².